The fraction of sp³-hybridized carbons (Fsp3) is 0.364. The predicted molar refractivity (Wildman–Crippen MR) is 111 cm³/mol. The van der Waals surface area contributed by atoms with E-state index < -0.39 is 6.04 Å². The van der Waals surface area contributed by atoms with Crippen LogP contribution in [0.25, 0.3) is 0 Å². The third kappa shape index (κ3) is 6.57. The van der Waals surface area contributed by atoms with Crippen LogP contribution in [0.4, 0.5) is 0 Å². The van der Waals surface area contributed by atoms with Crippen LogP contribution in [-0.4, -0.2) is 35.9 Å². The standard InChI is InChI=1S/C22H27ClN2O3/c1-3-4-14-24-22(27)17(2)25(15-18-10-8-9-13-20(18)23)21(26)16-28-19-11-6-5-7-12-19/h5-13,17H,3-4,14-16H2,1-2H3,(H,24,27)/t17-/m1/s1. The first kappa shape index (κ1) is 21.8. The zero-order valence-electron chi connectivity index (χ0n) is 16.4. The van der Waals surface area contributed by atoms with E-state index in [2.05, 4.69) is 12.2 Å². The molecule has 0 spiro atoms. The number of nitrogens with one attached hydrogen (secondary N) is 1. The quantitative estimate of drug-likeness (QED) is 0.610. The van der Waals surface area contributed by atoms with Crippen molar-refractivity contribution in [2.75, 3.05) is 13.2 Å². The molecular formula is C22H27ClN2O3. The zero-order chi connectivity index (χ0) is 20.4. The van der Waals surface area contributed by atoms with E-state index >= 15 is 0 Å². The Morgan fingerprint density at radius 1 is 1.11 bits per heavy atom. The molecular weight excluding hydrogens is 376 g/mol. The van der Waals surface area contributed by atoms with Crippen LogP contribution >= 0.6 is 11.6 Å². The molecule has 0 aliphatic rings. The number of halogens is 1. The highest BCUT2D eigenvalue weighted by atomic mass is 35.5. The zero-order valence-corrected chi connectivity index (χ0v) is 17.1. The van der Waals surface area contributed by atoms with Crippen LogP contribution in [0.2, 0.25) is 5.02 Å². The van der Waals surface area contributed by atoms with Gasteiger partial charge in [-0.1, -0.05) is 61.3 Å². The van der Waals surface area contributed by atoms with E-state index in [1.54, 1.807) is 25.1 Å². The van der Waals surface area contributed by atoms with Crippen LogP contribution in [0.1, 0.15) is 32.3 Å². The van der Waals surface area contributed by atoms with E-state index in [0.717, 1.165) is 18.4 Å². The molecule has 0 aromatic heterocycles. The molecule has 2 amide bonds. The van der Waals surface area contributed by atoms with Crippen LogP contribution in [0, 0.1) is 0 Å². The monoisotopic (exact) mass is 402 g/mol. The Hall–Kier alpha value is -2.53. The third-order valence-electron chi connectivity index (χ3n) is 4.40. The molecule has 150 valence electrons. The summed E-state index contributed by atoms with van der Waals surface area (Å²) in [6.07, 6.45) is 1.88. The average Bonchev–Trinajstić information content (AvgIpc) is 2.71. The summed E-state index contributed by atoms with van der Waals surface area (Å²) >= 11 is 6.26. The number of hydrogen-bond acceptors (Lipinski definition) is 3. The number of carbonyl (C=O) groups excluding carboxylic acids is 2. The number of benzene rings is 2. The topological polar surface area (TPSA) is 58.6 Å². The number of unbranched alkanes of at least 4 members (excludes halogenated alkanes) is 1. The highest BCUT2D eigenvalue weighted by molar-refractivity contribution is 6.31. The average molecular weight is 403 g/mol. The first-order chi connectivity index (χ1) is 13.5. The van der Waals surface area contributed by atoms with Gasteiger partial charge in [0.25, 0.3) is 5.91 Å². The summed E-state index contributed by atoms with van der Waals surface area (Å²) in [5, 5.41) is 3.44. The molecule has 1 N–H and O–H groups in total. The summed E-state index contributed by atoms with van der Waals surface area (Å²) in [4.78, 5) is 26.9. The SMILES string of the molecule is CCCCNC(=O)[C@@H](C)N(Cc1ccccc1Cl)C(=O)COc1ccccc1. The van der Waals surface area contributed by atoms with Crippen LogP contribution in [0.5, 0.6) is 5.75 Å². The van der Waals surface area contributed by atoms with Gasteiger partial charge in [0, 0.05) is 18.1 Å². The minimum atomic E-state index is -0.639. The maximum atomic E-state index is 12.9. The lowest BCUT2D eigenvalue weighted by Crippen LogP contribution is -2.49. The molecule has 1 atom stereocenters. The van der Waals surface area contributed by atoms with Gasteiger partial charge in [0.05, 0.1) is 0 Å². The summed E-state index contributed by atoms with van der Waals surface area (Å²) in [5.74, 6) is 0.143. The van der Waals surface area contributed by atoms with Crippen molar-refractivity contribution in [2.45, 2.75) is 39.3 Å². The lowest BCUT2D eigenvalue weighted by molar-refractivity contribution is -0.142. The van der Waals surface area contributed by atoms with Gasteiger partial charge in [-0.15, -0.1) is 0 Å². The van der Waals surface area contributed by atoms with E-state index in [1.165, 1.54) is 4.90 Å². The van der Waals surface area contributed by atoms with E-state index in [-0.39, 0.29) is 25.0 Å². The van der Waals surface area contributed by atoms with Gasteiger partial charge in [-0.2, -0.15) is 0 Å². The van der Waals surface area contributed by atoms with Crippen molar-refractivity contribution in [2.24, 2.45) is 0 Å². The first-order valence-electron chi connectivity index (χ1n) is 9.51. The molecule has 0 aliphatic carbocycles. The van der Waals surface area contributed by atoms with Gasteiger partial charge in [-0.25, -0.2) is 0 Å². The molecule has 0 radical (unpaired) electrons. The number of para-hydroxylation sites is 1. The summed E-state index contributed by atoms with van der Waals surface area (Å²) in [5.41, 5.74) is 0.783. The Labute approximate surface area is 171 Å². The number of nitrogens with zero attached hydrogens (tertiary/aromatic N) is 1. The van der Waals surface area contributed by atoms with Crippen molar-refractivity contribution in [1.82, 2.24) is 10.2 Å². The van der Waals surface area contributed by atoms with Crippen LogP contribution in [0.15, 0.2) is 54.6 Å². The number of amides is 2. The van der Waals surface area contributed by atoms with E-state index in [4.69, 9.17) is 16.3 Å². The van der Waals surface area contributed by atoms with Crippen molar-refractivity contribution in [3.63, 3.8) is 0 Å². The Morgan fingerprint density at radius 2 is 1.79 bits per heavy atom. The Morgan fingerprint density at radius 3 is 2.46 bits per heavy atom. The van der Waals surface area contributed by atoms with Crippen molar-refractivity contribution in [1.29, 1.82) is 0 Å². The van der Waals surface area contributed by atoms with Gasteiger partial charge in [0.15, 0.2) is 6.61 Å². The fourth-order valence-corrected chi connectivity index (χ4v) is 2.87. The molecule has 2 rings (SSSR count). The molecule has 0 bridgehead atoms. The second-order valence-electron chi connectivity index (χ2n) is 6.54. The number of ether oxygens (including phenoxy) is 1. The summed E-state index contributed by atoms with van der Waals surface area (Å²) < 4.78 is 5.59. The molecule has 28 heavy (non-hydrogen) atoms. The number of hydrogen-bond donors (Lipinski definition) is 1. The largest absolute Gasteiger partial charge is 0.484 e. The minimum Gasteiger partial charge on any atom is -0.484 e. The normalized spacial score (nSPS) is 11.5. The lowest BCUT2D eigenvalue weighted by Gasteiger charge is -2.29. The number of carbonyl (C=O) groups is 2. The van der Waals surface area contributed by atoms with Crippen LogP contribution in [-0.2, 0) is 16.1 Å². The smallest absolute Gasteiger partial charge is 0.261 e. The predicted octanol–water partition coefficient (Wildman–Crippen LogP) is 4.05. The van der Waals surface area contributed by atoms with Gasteiger partial charge < -0.3 is 15.0 Å². The summed E-state index contributed by atoms with van der Waals surface area (Å²) in [6.45, 7) is 4.46. The minimum absolute atomic E-state index is 0.152. The van der Waals surface area contributed by atoms with Gasteiger partial charge in [-0.3, -0.25) is 9.59 Å². The lowest BCUT2D eigenvalue weighted by atomic mass is 10.1. The Balaban J connectivity index is 2.11. The molecule has 6 heteroatoms. The summed E-state index contributed by atoms with van der Waals surface area (Å²) in [7, 11) is 0. The maximum absolute atomic E-state index is 12.9. The van der Waals surface area contributed by atoms with Crippen molar-refractivity contribution < 1.29 is 14.3 Å². The molecule has 0 aliphatic heterocycles. The molecule has 0 saturated carbocycles. The highest BCUT2D eigenvalue weighted by Gasteiger charge is 2.26. The first-order valence-corrected chi connectivity index (χ1v) is 9.89. The highest BCUT2D eigenvalue weighted by Crippen LogP contribution is 2.19. The molecule has 5 nitrogen and oxygen atoms in total. The van der Waals surface area contributed by atoms with Crippen molar-refractivity contribution in [3.05, 3.63) is 65.2 Å². The van der Waals surface area contributed by atoms with Crippen LogP contribution < -0.4 is 10.1 Å². The molecule has 0 saturated heterocycles. The molecule has 2 aromatic carbocycles. The fourth-order valence-electron chi connectivity index (χ4n) is 2.67. The van der Waals surface area contributed by atoms with Crippen LogP contribution in [0.3, 0.4) is 0 Å². The Kier molecular flexibility index (Phi) is 8.82. The van der Waals surface area contributed by atoms with Gasteiger partial charge in [0.2, 0.25) is 5.91 Å². The van der Waals surface area contributed by atoms with E-state index in [9.17, 15) is 9.59 Å². The number of rotatable bonds is 10. The molecule has 2 aromatic rings. The molecule has 0 heterocycles. The van der Waals surface area contributed by atoms with Crippen molar-refractivity contribution in [3.8, 4) is 5.75 Å². The summed E-state index contributed by atoms with van der Waals surface area (Å²) in [6, 6.07) is 15.8. The van der Waals surface area contributed by atoms with E-state index in [0.29, 0.717) is 17.3 Å². The second-order valence-corrected chi connectivity index (χ2v) is 6.94. The van der Waals surface area contributed by atoms with E-state index in [1.807, 2.05) is 36.4 Å². The maximum Gasteiger partial charge on any atom is 0.261 e. The Bertz CT molecular complexity index is 767. The molecule has 0 unspecified atom stereocenters. The van der Waals surface area contributed by atoms with Crippen molar-refractivity contribution >= 4 is 23.4 Å². The molecule has 0 fully saturated rings. The third-order valence-corrected chi connectivity index (χ3v) is 4.77. The van der Waals surface area contributed by atoms with Gasteiger partial charge in [-0.05, 0) is 37.1 Å². The second kappa shape index (κ2) is 11.3. The van der Waals surface area contributed by atoms with Gasteiger partial charge >= 0.3 is 0 Å². The van der Waals surface area contributed by atoms with Gasteiger partial charge in [0.1, 0.15) is 11.8 Å².